The Bertz CT molecular complexity index is 1130. The zero-order valence-electron chi connectivity index (χ0n) is 20.0. The summed E-state index contributed by atoms with van der Waals surface area (Å²) in [4.78, 5) is 39.0. The first-order chi connectivity index (χ1) is 16.5. The third kappa shape index (κ3) is 5.78. The van der Waals surface area contributed by atoms with Gasteiger partial charge in [-0.25, -0.2) is 14.5 Å². The molecule has 0 bridgehead atoms. The van der Waals surface area contributed by atoms with Crippen LogP contribution in [-0.4, -0.2) is 58.3 Å². The Hall–Kier alpha value is -3.07. The van der Waals surface area contributed by atoms with Crippen LogP contribution in [0.3, 0.4) is 0 Å². The van der Waals surface area contributed by atoms with E-state index < -0.39 is 17.6 Å². The number of carbonyl (C=O) groups excluding carboxylic acids is 2. The lowest BCUT2D eigenvalue weighted by Crippen LogP contribution is -2.46. The SMILES string of the molecule is CC(C)(C)OC(=O)N1CCC(c2ccc(Br)cc2)C(COc2ccc3c(c2)C(=O)N(C(=O)O)C3)C1. The fourth-order valence-corrected chi connectivity index (χ4v) is 4.83. The minimum Gasteiger partial charge on any atom is -0.493 e. The fraction of sp³-hybridized carbons (Fsp3) is 0.423. The summed E-state index contributed by atoms with van der Waals surface area (Å²) in [5.74, 6) is 0.130. The zero-order valence-corrected chi connectivity index (χ0v) is 21.6. The highest BCUT2D eigenvalue weighted by Gasteiger charge is 2.35. The molecule has 0 radical (unpaired) electrons. The minimum absolute atomic E-state index is 0.00285. The third-order valence-electron chi connectivity index (χ3n) is 6.26. The van der Waals surface area contributed by atoms with Crippen LogP contribution in [0.25, 0.3) is 0 Å². The van der Waals surface area contributed by atoms with Crippen molar-refractivity contribution in [2.45, 2.75) is 45.3 Å². The standard InChI is InChI=1S/C26H29BrN2O6/c1-26(2,3)35-25(33)28-11-10-21(16-4-7-19(27)8-5-16)18(13-28)15-34-20-9-6-17-14-29(24(31)32)23(30)22(17)12-20/h4-9,12,18,21H,10-11,13-15H2,1-3H3,(H,31,32). The van der Waals surface area contributed by atoms with E-state index in [0.29, 0.717) is 36.6 Å². The molecule has 2 unspecified atom stereocenters. The predicted octanol–water partition coefficient (Wildman–Crippen LogP) is 5.50. The highest BCUT2D eigenvalue weighted by molar-refractivity contribution is 9.10. The molecule has 8 nitrogen and oxygen atoms in total. The molecule has 2 atom stereocenters. The number of amides is 3. The number of rotatable bonds is 4. The van der Waals surface area contributed by atoms with Gasteiger partial charge >= 0.3 is 12.2 Å². The van der Waals surface area contributed by atoms with Crippen molar-refractivity contribution < 1.29 is 29.0 Å². The quantitative estimate of drug-likeness (QED) is 0.545. The maximum absolute atomic E-state index is 12.7. The summed E-state index contributed by atoms with van der Waals surface area (Å²) in [5.41, 5.74) is 1.60. The van der Waals surface area contributed by atoms with E-state index in [1.165, 1.54) is 5.56 Å². The van der Waals surface area contributed by atoms with Crippen LogP contribution < -0.4 is 4.74 Å². The van der Waals surface area contributed by atoms with Crippen LogP contribution in [-0.2, 0) is 11.3 Å². The summed E-state index contributed by atoms with van der Waals surface area (Å²) in [6, 6.07) is 13.3. The smallest absolute Gasteiger partial charge is 0.414 e. The molecular weight excluding hydrogens is 516 g/mol. The van der Waals surface area contributed by atoms with E-state index in [2.05, 4.69) is 28.1 Å². The Balaban J connectivity index is 1.51. The van der Waals surface area contributed by atoms with Gasteiger partial charge in [0.1, 0.15) is 11.4 Å². The first kappa shape index (κ1) is 25.0. The van der Waals surface area contributed by atoms with Crippen LogP contribution in [0.5, 0.6) is 5.75 Å². The van der Waals surface area contributed by atoms with Crippen molar-refractivity contribution >= 4 is 34.0 Å². The Morgan fingerprint density at radius 1 is 1.14 bits per heavy atom. The van der Waals surface area contributed by atoms with Crippen molar-refractivity contribution in [1.29, 1.82) is 0 Å². The van der Waals surface area contributed by atoms with Crippen LogP contribution in [0, 0.1) is 5.92 Å². The number of imide groups is 1. The minimum atomic E-state index is -1.27. The van der Waals surface area contributed by atoms with Crippen LogP contribution in [0.15, 0.2) is 46.9 Å². The van der Waals surface area contributed by atoms with Gasteiger partial charge in [0.15, 0.2) is 0 Å². The summed E-state index contributed by atoms with van der Waals surface area (Å²) in [6.07, 6.45) is -0.838. The first-order valence-electron chi connectivity index (χ1n) is 11.6. The van der Waals surface area contributed by atoms with Gasteiger partial charge in [0.05, 0.1) is 13.2 Å². The largest absolute Gasteiger partial charge is 0.493 e. The molecule has 2 aliphatic heterocycles. The third-order valence-corrected chi connectivity index (χ3v) is 6.79. The molecule has 0 aliphatic carbocycles. The van der Waals surface area contributed by atoms with E-state index in [1.807, 2.05) is 32.9 Å². The number of fused-ring (bicyclic) bond motifs is 1. The Morgan fingerprint density at radius 2 is 1.86 bits per heavy atom. The Labute approximate surface area is 212 Å². The van der Waals surface area contributed by atoms with Crippen molar-refractivity contribution in [1.82, 2.24) is 9.80 Å². The molecule has 1 saturated heterocycles. The number of benzene rings is 2. The lowest BCUT2D eigenvalue weighted by molar-refractivity contribution is 0.0111. The number of likely N-dealkylation sites (tertiary alicyclic amines) is 1. The number of nitrogens with zero attached hydrogens (tertiary/aromatic N) is 2. The van der Waals surface area contributed by atoms with Crippen LogP contribution in [0.2, 0.25) is 0 Å². The highest BCUT2D eigenvalue weighted by atomic mass is 79.9. The van der Waals surface area contributed by atoms with Gasteiger partial charge in [-0.2, -0.15) is 0 Å². The first-order valence-corrected chi connectivity index (χ1v) is 12.3. The molecule has 0 saturated carbocycles. The molecule has 9 heteroatoms. The fourth-order valence-electron chi connectivity index (χ4n) is 4.57. The van der Waals surface area contributed by atoms with E-state index in [0.717, 1.165) is 15.8 Å². The molecule has 186 valence electrons. The summed E-state index contributed by atoms with van der Waals surface area (Å²) in [7, 11) is 0. The number of piperidine rings is 1. The Morgan fingerprint density at radius 3 is 2.51 bits per heavy atom. The molecule has 1 fully saturated rings. The number of carboxylic acid groups (broad SMARTS) is 1. The molecule has 0 aromatic heterocycles. The molecule has 2 aromatic carbocycles. The van der Waals surface area contributed by atoms with Gasteiger partial charge in [0.25, 0.3) is 5.91 Å². The van der Waals surface area contributed by atoms with Crippen LogP contribution in [0.1, 0.15) is 54.6 Å². The van der Waals surface area contributed by atoms with E-state index in [1.54, 1.807) is 23.1 Å². The van der Waals surface area contributed by atoms with Gasteiger partial charge in [-0.15, -0.1) is 0 Å². The second-order valence-corrected chi connectivity index (χ2v) is 10.9. The van der Waals surface area contributed by atoms with Gasteiger partial charge in [0.2, 0.25) is 0 Å². The molecule has 2 aliphatic rings. The van der Waals surface area contributed by atoms with Gasteiger partial charge in [-0.1, -0.05) is 34.1 Å². The van der Waals surface area contributed by atoms with E-state index in [-0.39, 0.29) is 24.5 Å². The molecule has 35 heavy (non-hydrogen) atoms. The molecule has 4 rings (SSSR count). The average molecular weight is 545 g/mol. The number of hydrogen-bond donors (Lipinski definition) is 1. The van der Waals surface area contributed by atoms with Gasteiger partial charge < -0.3 is 19.5 Å². The maximum atomic E-state index is 12.7. The summed E-state index contributed by atoms with van der Waals surface area (Å²) >= 11 is 3.48. The lowest BCUT2D eigenvalue weighted by Gasteiger charge is -2.39. The van der Waals surface area contributed by atoms with Crippen LogP contribution in [0.4, 0.5) is 9.59 Å². The molecule has 2 heterocycles. The normalized spacial score (nSPS) is 19.9. The number of hydrogen-bond acceptors (Lipinski definition) is 5. The molecule has 1 N–H and O–H groups in total. The summed E-state index contributed by atoms with van der Waals surface area (Å²) < 4.78 is 12.7. The van der Waals surface area contributed by atoms with Gasteiger partial charge in [0, 0.05) is 29.0 Å². The van der Waals surface area contributed by atoms with Crippen molar-refractivity contribution in [2.75, 3.05) is 19.7 Å². The van der Waals surface area contributed by atoms with Crippen molar-refractivity contribution in [3.8, 4) is 5.75 Å². The second-order valence-electron chi connectivity index (χ2n) is 9.94. The Kier molecular flexibility index (Phi) is 7.07. The highest BCUT2D eigenvalue weighted by Crippen LogP contribution is 2.35. The average Bonchev–Trinajstić information content (AvgIpc) is 3.13. The topological polar surface area (TPSA) is 96.4 Å². The molecule has 2 aromatic rings. The van der Waals surface area contributed by atoms with Gasteiger partial charge in [-0.05, 0) is 68.5 Å². The predicted molar refractivity (Wildman–Crippen MR) is 133 cm³/mol. The van der Waals surface area contributed by atoms with E-state index in [4.69, 9.17) is 9.47 Å². The summed E-state index contributed by atoms with van der Waals surface area (Å²) in [6.45, 7) is 6.98. The van der Waals surface area contributed by atoms with E-state index >= 15 is 0 Å². The van der Waals surface area contributed by atoms with E-state index in [9.17, 15) is 19.5 Å². The van der Waals surface area contributed by atoms with Gasteiger partial charge in [-0.3, -0.25) is 4.79 Å². The maximum Gasteiger partial charge on any atom is 0.414 e. The monoisotopic (exact) mass is 544 g/mol. The molecule has 0 spiro atoms. The van der Waals surface area contributed by atoms with Crippen LogP contribution >= 0.6 is 15.9 Å². The summed E-state index contributed by atoms with van der Waals surface area (Å²) in [5, 5.41) is 9.22. The lowest BCUT2D eigenvalue weighted by atomic mass is 9.81. The van der Waals surface area contributed by atoms with Crippen molar-refractivity contribution in [3.05, 3.63) is 63.6 Å². The molecule has 3 amide bonds. The van der Waals surface area contributed by atoms with Crippen molar-refractivity contribution in [2.24, 2.45) is 5.92 Å². The van der Waals surface area contributed by atoms with Crippen molar-refractivity contribution in [3.63, 3.8) is 0 Å². The number of carbonyl (C=O) groups is 3. The molecular formula is C26H29BrN2O6. The number of ether oxygens (including phenoxy) is 2. The number of halogens is 1. The second kappa shape index (κ2) is 9.89. The zero-order chi connectivity index (χ0) is 25.3.